The highest BCUT2D eigenvalue weighted by atomic mass is 35.5. The van der Waals surface area contributed by atoms with Gasteiger partial charge in [0.1, 0.15) is 35.7 Å². The number of benzene rings is 1. The normalized spacial score (nSPS) is 32.8. The molecular weight excluding hydrogens is 916 g/mol. The minimum absolute atomic E-state index is 0. The fraction of sp³-hybridized carbons (Fsp3) is 0.660. The van der Waals surface area contributed by atoms with E-state index in [2.05, 4.69) is 5.32 Å². The van der Waals surface area contributed by atoms with Gasteiger partial charge in [0.25, 0.3) is 0 Å². The van der Waals surface area contributed by atoms with Gasteiger partial charge in [-0.1, -0.05) is 62.7 Å². The molecule has 2 N–H and O–H groups in total. The number of esters is 1. The lowest BCUT2D eigenvalue weighted by Gasteiger charge is -2.42. The van der Waals surface area contributed by atoms with E-state index in [-0.39, 0.29) is 74.2 Å². The van der Waals surface area contributed by atoms with Crippen molar-refractivity contribution in [2.75, 3.05) is 38.4 Å². The third-order valence-corrected chi connectivity index (χ3v) is 16.2. The maximum atomic E-state index is 14.3. The lowest BCUT2D eigenvalue weighted by molar-refractivity contribution is -0.162. The van der Waals surface area contributed by atoms with Crippen LogP contribution in [0.1, 0.15) is 114 Å². The predicted molar refractivity (Wildman–Crippen MR) is 261 cm³/mol. The number of anilines is 1. The Morgan fingerprint density at radius 3 is 2.49 bits per heavy atom. The first-order chi connectivity index (χ1) is 32.6. The number of carbonyl (C=O) groups is 7. The molecule has 3 saturated heterocycles. The number of alkyl carbamates (subject to hydrolysis) is 1. The van der Waals surface area contributed by atoms with Crippen LogP contribution in [-0.2, 0) is 54.1 Å². The standard InChI is InChI=1S/C49H67ClN4O12S.CH4.H2/c1-10-35(55)33-16-14-31(15-17-33)26-54-42(58)23-37(45(54)59)67-19-18-40(56)52(7)30(5)46(60)65-39-24-41(57)53(8)34-22-32(21-28(3)43(34)50)20-27(2)12-11-13-38(63-9)49(62)25-36(64-47(61)51-49)29(4)44-48(39,6)66-44;;/h11-13,21-22,29-31,33,36-39,44,62H,10,14-20,23-26H2,1-9H3,(H,51,61);1H4;1H/b13-11+,27-12+;;/t29-,30+,31?,33?,36+,37?,38-,39+,44+,48+,49+;;/m1../s1/i;;1+2D. The van der Waals surface area contributed by atoms with Gasteiger partial charge in [-0.05, 0) is 82.9 Å². The van der Waals surface area contributed by atoms with E-state index in [9.17, 15) is 38.7 Å². The van der Waals surface area contributed by atoms with Gasteiger partial charge in [0.2, 0.25) is 23.6 Å². The third-order valence-electron chi connectivity index (χ3n) is 14.4. The number of aryl methyl sites for hydroxylation is 1. The molecule has 1 aliphatic carbocycles. The number of methoxy groups -OCH3 is 1. The zero-order valence-corrected chi connectivity index (χ0v) is 41.7. The monoisotopic (exact) mass is 991 g/mol. The number of amides is 5. The number of likely N-dealkylation sites (N-methyl/N-ethyl adjacent to an activating group) is 1. The average molecular weight is 993 g/mol. The first-order valence-electron chi connectivity index (χ1n) is 24.4. The van der Waals surface area contributed by atoms with E-state index in [1.807, 2.05) is 39.0 Å². The van der Waals surface area contributed by atoms with Gasteiger partial charge in [0, 0.05) is 74.0 Å². The molecule has 5 amide bonds. The van der Waals surface area contributed by atoms with Crippen molar-refractivity contribution >= 4 is 70.5 Å². The highest BCUT2D eigenvalue weighted by Gasteiger charge is 2.64. The molecule has 4 heterocycles. The molecule has 1 aromatic rings. The zero-order valence-electron chi connectivity index (χ0n) is 42.1. The largest absolute Gasteiger partial charge is 0.457 e. The van der Waals surface area contributed by atoms with E-state index in [0.717, 1.165) is 42.4 Å². The number of aliphatic hydroxyl groups is 1. The number of hydrogen-bond donors (Lipinski definition) is 2. The van der Waals surface area contributed by atoms with Gasteiger partial charge in [-0.3, -0.25) is 34.2 Å². The van der Waals surface area contributed by atoms with Crippen molar-refractivity contribution in [3.8, 4) is 0 Å². The minimum atomic E-state index is -1.85. The summed E-state index contributed by atoms with van der Waals surface area (Å²) in [6.45, 7) is 11.0. The number of ketones is 1. The number of fused-ring (bicyclic) bond motifs is 5. The van der Waals surface area contributed by atoms with Crippen LogP contribution in [0.3, 0.4) is 0 Å². The molecule has 0 aromatic heterocycles. The van der Waals surface area contributed by atoms with Crippen LogP contribution in [0.2, 0.25) is 5.02 Å². The molecule has 1 saturated carbocycles. The number of allylic oxidation sites excluding steroid dienone is 3. The molecule has 68 heavy (non-hydrogen) atoms. The molecule has 16 nitrogen and oxygen atoms in total. The number of halogens is 1. The van der Waals surface area contributed by atoms with E-state index < -0.39 is 70.9 Å². The lowest BCUT2D eigenvalue weighted by atomic mass is 9.79. The molecule has 5 aliphatic rings. The summed E-state index contributed by atoms with van der Waals surface area (Å²) in [5, 5.41) is 14.1. The van der Waals surface area contributed by atoms with E-state index >= 15 is 0 Å². The van der Waals surface area contributed by atoms with Crippen LogP contribution in [0.5, 0.6) is 0 Å². The van der Waals surface area contributed by atoms with Gasteiger partial charge in [-0.15, -0.1) is 11.8 Å². The molecule has 4 aliphatic heterocycles. The highest BCUT2D eigenvalue weighted by Crippen LogP contribution is 2.49. The summed E-state index contributed by atoms with van der Waals surface area (Å²) in [5.41, 5.74) is -0.0681. The fourth-order valence-corrected chi connectivity index (χ4v) is 11.3. The van der Waals surface area contributed by atoms with E-state index in [4.69, 9.17) is 33.5 Å². The van der Waals surface area contributed by atoms with Crippen molar-refractivity contribution < 1.29 is 60.6 Å². The van der Waals surface area contributed by atoms with Crippen molar-refractivity contribution in [2.45, 2.75) is 160 Å². The quantitative estimate of drug-likeness (QED) is 0.127. The molecule has 9 atom stereocenters. The summed E-state index contributed by atoms with van der Waals surface area (Å²) in [4.78, 5) is 97.3. The number of epoxide rings is 1. The molecular formula is C50H73ClN4O12S. The van der Waals surface area contributed by atoms with Gasteiger partial charge < -0.3 is 33.9 Å². The number of Topliss-reactive ketones (excluding diaryl/α,β-unsaturated/α-hetero) is 1. The average Bonchev–Trinajstić information content (AvgIpc) is 3.95. The van der Waals surface area contributed by atoms with Crippen LogP contribution < -0.4 is 10.2 Å². The number of thioether (sulfide) groups is 1. The minimum Gasteiger partial charge on any atom is -0.457 e. The summed E-state index contributed by atoms with van der Waals surface area (Å²) in [7, 11) is 4.50. The van der Waals surface area contributed by atoms with E-state index in [1.165, 1.54) is 47.5 Å². The molecule has 1 unspecified atom stereocenters. The number of hydrogen-bond acceptors (Lipinski definition) is 13. The number of rotatable bonds is 12. The van der Waals surface area contributed by atoms with Crippen molar-refractivity contribution in [1.82, 2.24) is 15.1 Å². The second kappa shape index (κ2) is 22.6. The number of nitrogens with one attached hydrogen (secondary N) is 1. The molecule has 4 fully saturated rings. The van der Waals surface area contributed by atoms with Crippen LogP contribution in [0.4, 0.5) is 10.5 Å². The molecule has 1 aromatic carbocycles. The smallest absolute Gasteiger partial charge is 0.409 e. The second-order valence-electron chi connectivity index (χ2n) is 19.2. The van der Waals surface area contributed by atoms with Gasteiger partial charge >= 0.3 is 12.1 Å². The van der Waals surface area contributed by atoms with Crippen molar-refractivity contribution in [2.24, 2.45) is 17.8 Å². The van der Waals surface area contributed by atoms with Gasteiger partial charge in [-0.25, -0.2) is 9.59 Å². The van der Waals surface area contributed by atoms with Gasteiger partial charge in [-0.2, -0.15) is 0 Å². The number of carbonyl (C=O) groups excluding carboxylic acids is 7. The molecule has 0 radical (unpaired) electrons. The lowest BCUT2D eigenvalue weighted by Crippen LogP contribution is -2.63. The summed E-state index contributed by atoms with van der Waals surface area (Å²) in [5.74, 6) is -1.95. The van der Waals surface area contributed by atoms with E-state index in [1.54, 1.807) is 33.0 Å². The first-order valence-corrected chi connectivity index (χ1v) is 24.8. The fourth-order valence-electron chi connectivity index (χ4n) is 9.91. The molecule has 0 spiro atoms. The molecule has 378 valence electrons. The SMILES string of the molecule is C.CCC(=O)C1CCC(CN2C(=O)CC(SCCC(=O)N(C)[C@@H](C)C(=O)O[C@H]3CC(=O)N(C)c4cc(cc(C)c4Cl)C/C(C)=C/C=C/[C@@H](OC)[C@@]4(O)C[C@H](OC(=O)N4)[C@@H](C)[C@@H]4O[C@@]34C)C2=O)CC1.[2H][3H]. The Morgan fingerprint density at radius 2 is 1.82 bits per heavy atom. The Hall–Kier alpha value is -4.29. The van der Waals surface area contributed by atoms with Crippen molar-refractivity contribution in [1.29, 1.82) is 0 Å². The summed E-state index contributed by atoms with van der Waals surface area (Å²) < 4.78 is 33.8. The Bertz CT molecular complexity index is 2180. The summed E-state index contributed by atoms with van der Waals surface area (Å²) in [6, 6.07) is 2.68. The van der Waals surface area contributed by atoms with Gasteiger partial charge in [0.05, 0.1) is 28.5 Å². The zero-order chi connectivity index (χ0) is 51.1. The first kappa shape index (κ1) is 53.1. The van der Waals surface area contributed by atoms with Crippen LogP contribution in [-0.4, -0.2) is 137 Å². The summed E-state index contributed by atoms with van der Waals surface area (Å²) in [6.07, 6.45) is 4.48. The Morgan fingerprint density at radius 1 is 1.13 bits per heavy atom. The number of nitrogens with zero attached hydrogens (tertiary/aromatic N) is 3. The second-order valence-corrected chi connectivity index (χ2v) is 20.9. The van der Waals surface area contributed by atoms with Crippen LogP contribution in [0, 0.1) is 24.7 Å². The van der Waals surface area contributed by atoms with Crippen molar-refractivity contribution in [3.63, 3.8) is 0 Å². The maximum Gasteiger partial charge on any atom is 0.409 e. The van der Waals surface area contributed by atoms with Crippen LogP contribution in [0.25, 0.3) is 0 Å². The molecule has 18 heteroatoms. The maximum absolute atomic E-state index is 14.3. The molecule has 4 bridgehead atoms. The number of ether oxygens (including phenoxy) is 4. The topological polar surface area (TPSA) is 202 Å². The Labute approximate surface area is 413 Å². The highest BCUT2D eigenvalue weighted by molar-refractivity contribution is 8.00. The molecule has 6 rings (SSSR count). The van der Waals surface area contributed by atoms with Gasteiger partial charge in [0.15, 0.2) is 5.72 Å². The Kier molecular flexibility index (Phi) is 17.7. The predicted octanol–water partition coefficient (Wildman–Crippen LogP) is 6.73. The van der Waals surface area contributed by atoms with Crippen LogP contribution >= 0.6 is 23.4 Å². The third kappa shape index (κ3) is 12.2. The number of likely N-dealkylation sites (tertiary alicyclic amines) is 1. The summed E-state index contributed by atoms with van der Waals surface area (Å²) >= 11 is 8.06. The van der Waals surface area contributed by atoms with E-state index in [0.29, 0.717) is 30.1 Å². The van der Waals surface area contributed by atoms with Crippen LogP contribution in [0.15, 0.2) is 35.9 Å². The number of imide groups is 1. The van der Waals surface area contributed by atoms with Crippen molar-refractivity contribution in [3.05, 3.63) is 52.1 Å². The Balaban J connectivity index is 0.00000351.